The fraction of sp³-hybridized carbons (Fsp3) is 0.174. The molecule has 3 aromatic rings. The van der Waals surface area contributed by atoms with E-state index in [2.05, 4.69) is 27.1 Å². The van der Waals surface area contributed by atoms with Crippen molar-refractivity contribution in [3.63, 3.8) is 0 Å². The number of aromatic hydroxyl groups is 1. The lowest BCUT2D eigenvalue weighted by molar-refractivity contribution is 0.0937. The first-order valence-corrected chi connectivity index (χ1v) is 9.17. The van der Waals surface area contributed by atoms with E-state index in [9.17, 15) is 14.3 Å². The van der Waals surface area contributed by atoms with Gasteiger partial charge in [-0.2, -0.15) is 0 Å². The summed E-state index contributed by atoms with van der Waals surface area (Å²) in [6.45, 7) is 3.24. The standard InChI is InChI=1S/C23H20FN3O3/c1-14-5-6-17(13-25-14)22(19-12-18(24)7-8-21(19)29)27-23(30)20-11-16(4-3-9-28)10-15(2)26-20/h5-8,10-13,22,28-29H,9H2,1-2H3,(H,27,30)/t22-/m0/s1. The van der Waals surface area contributed by atoms with Gasteiger partial charge in [-0.25, -0.2) is 9.37 Å². The Morgan fingerprint density at radius 2 is 1.97 bits per heavy atom. The SMILES string of the molecule is Cc1ccc([C@H](NC(=O)c2cc(C#CCO)cc(C)n2)c2cc(F)ccc2O)cn1. The number of amides is 1. The summed E-state index contributed by atoms with van der Waals surface area (Å²) in [6.07, 6.45) is 1.56. The minimum absolute atomic E-state index is 0.109. The van der Waals surface area contributed by atoms with Crippen molar-refractivity contribution in [3.05, 3.63) is 88.3 Å². The first-order valence-electron chi connectivity index (χ1n) is 9.17. The number of phenolic OH excluding ortho intramolecular Hbond substituents is 1. The number of rotatable bonds is 4. The molecule has 0 bridgehead atoms. The molecular weight excluding hydrogens is 385 g/mol. The lowest BCUT2D eigenvalue weighted by Gasteiger charge is -2.21. The summed E-state index contributed by atoms with van der Waals surface area (Å²) in [5.41, 5.74) is 2.76. The molecule has 30 heavy (non-hydrogen) atoms. The Balaban J connectivity index is 2.01. The Kier molecular flexibility index (Phi) is 6.40. The highest BCUT2D eigenvalue weighted by Crippen LogP contribution is 2.30. The third kappa shape index (κ3) is 4.99. The molecule has 3 rings (SSSR count). The van der Waals surface area contributed by atoms with Gasteiger partial charge < -0.3 is 15.5 Å². The largest absolute Gasteiger partial charge is 0.508 e. The number of carbonyl (C=O) groups excluding carboxylic acids is 1. The van der Waals surface area contributed by atoms with E-state index in [1.165, 1.54) is 18.2 Å². The average molecular weight is 405 g/mol. The van der Waals surface area contributed by atoms with E-state index in [0.717, 1.165) is 11.8 Å². The first-order chi connectivity index (χ1) is 14.4. The summed E-state index contributed by atoms with van der Waals surface area (Å²) in [5, 5.41) is 22.0. The normalized spacial score (nSPS) is 11.3. The van der Waals surface area contributed by atoms with Crippen LogP contribution in [0.1, 0.15) is 44.6 Å². The van der Waals surface area contributed by atoms with Gasteiger partial charge in [-0.05, 0) is 55.8 Å². The molecule has 0 aliphatic carbocycles. The Labute approximate surface area is 173 Å². The lowest BCUT2D eigenvalue weighted by atomic mass is 9.98. The van der Waals surface area contributed by atoms with Gasteiger partial charge in [0.2, 0.25) is 0 Å². The van der Waals surface area contributed by atoms with E-state index in [4.69, 9.17) is 5.11 Å². The van der Waals surface area contributed by atoms with Gasteiger partial charge in [0.05, 0.1) is 6.04 Å². The summed E-state index contributed by atoms with van der Waals surface area (Å²) in [6, 6.07) is 9.40. The van der Waals surface area contributed by atoms with Crippen molar-refractivity contribution >= 4 is 5.91 Å². The molecule has 1 atom stereocenters. The number of aryl methyl sites for hydroxylation is 2. The van der Waals surface area contributed by atoms with Gasteiger partial charge in [0, 0.05) is 28.7 Å². The van der Waals surface area contributed by atoms with Crippen molar-refractivity contribution in [3.8, 4) is 17.6 Å². The molecule has 0 unspecified atom stereocenters. The number of nitrogens with one attached hydrogen (secondary N) is 1. The van der Waals surface area contributed by atoms with Gasteiger partial charge in [-0.15, -0.1) is 0 Å². The molecule has 3 N–H and O–H groups in total. The van der Waals surface area contributed by atoms with Crippen molar-refractivity contribution < 1.29 is 19.4 Å². The van der Waals surface area contributed by atoms with Crippen LogP contribution >= 0.6 is 0 Å². The molecular formula is C23H20FN3O3. The van der Waals surface area contributed by atoms with Crippen LogP contribution in [0.25, 0.3) is 0 Å². The molecule has 1 aromatic carbocycles. The van der Waals surface area contributed by atoms with Crippen LogP contribution in [0, 0.1) is 31.5 Å². The number of aromatic nitrogens is 2. The lowest BCUT2D eigenvalue weighted by Crippen LogP contribution is -2.30. The predicted molar refractivity (Wildman–Crippen MR) is 109 cm³/mol. The monoisotopic (exact) mass is 405 g/mol. The number of phenols is 1. The fourth-order valence-corrected chi connectivity index (χ4v) is 2.95. The second-order valence-corrected chi connectivity index (χ2v) is 6.68. The molecule has 7 heteroatoms. The maximum Gasteiger partial charge on any atom is 0.270 e. The molecule has 1 amide bonds. The number of pyridine rings is 2. The van der Waals surface area contributed by atoms with E-state index in [1.807, 2.05) is 6.92 Å². The zero-order valence-corrected chi connectivity index (χ0v) is 16.5. The van der Waals surface area contributed by atoms with Crippen LogP contribution in [0.3, 0.4) is 0 Å². The van der Waals surface area contributed by atoms with Crippen molar-refractivity contribution in [1.29, 1.82) is 0 Å². The summed E-state index contributed by atoms with van der Waals surface area (Å²) in [5.74, 6) is 4.05. The molecule has 0 aliphatic heterocycles. The number of aliphatic hydroxyl groups excluding tert-OH is 1. The van der Waals surface area contributed by atoms with Gasteiger partial charge >= 0.3 is 0 Å². The van der Waals surface area contributed by atoms with Crippen LogP contribution in [-0.4, -0.2) is 32.7 Å². The average Bonchev–Trinajstić information content (AvgIpc) is 2.72. The van der Waals surface area contributed by atoms with Crippen LogP contribution < -0.4 is 5.32 Å². The molecule has 0 aliphatic rings. The van der Waals surface area contributed by atoms with Crippen molar-refractivity contribution in [2.24, 2.45) is 0 Å². The highest BCUT2D eigenvalue weighted by Gasteiger charge is 2.22. The van der Waals surface area contributed by atoms with Crippen molar-refractivity contribution in [1.82, 2.24) is 15.3 Å². The minimum Gasteiger partial charge on any atom is -0.508 e. The second kappa shape index (κ2) is 9.16. The molecule has 0 saturated carbocycles. The van der Waals surface area contributed by atoms with Crippen LogP contribution in [0.15, 0.2) is 48.7 Å². The van der Waals surface area contributed by atoms with Crippen molar-refractivity contribution in [2.75, 3.05) is 6.61 Å². The van der Waals surface area contributed by atoms with E-state index in [1.54, 1.807) is 31.3 Å². The molecule has 0 radical (unpaired) electrons. The number of halogens is 1. The van der Waals surface area contributed by atoms with Crippen LogP contribution in [-0.2, 0) is 0 Å². The Morgan fingerprint density at radius 1 is 1.17 bits per heavy atom. The number of benzene rings is 1. The molecule has 152 valence electrons. The van der Waals surface area contributed by atoms with E-state index in [-0.39, 0.29) is 23.6 Å². The number of aliphatic hydroxyl groups is 1. The summed E-state index contributed by atoms with van der Waals surface area (Å²) in [4.78, 5) is 21.5. The zero-order valence-electron chi connectivity index (χ0n) is 16.5. The van der Waals surface area contributed by atoms with Gasteiger partial charge in [-0.3, -0.25) is 9.78 Å². The highest BCUT2D eigenvalue weighted by atomic mass is 19.1. The molecule has 0 fully saturated rings. The highest BCUT2D eigenvalue weighted by molar-refractivity contribution is 5.93. The van der Waals surface area contributed by atoms with Gasteiger partial charge in [-0.1, -0.05) is 17.9 Å². The molecule has 0 saturated heterocycles. The summed E-state index contributed by atoms with van der Waals surface area (Å²) >= 11 is 0. The summed E-state index contributed by atoms with van der Waals surface area (Å²) in [7, 11) is 0. The summed E-state index contributed by atoms with van der Waals surface area (Å²) < 4.78 is 13.9. The van der Waals surface area contributed by atoms with Crippen LogP contribution in [0.5, 0.6) is 5.75 Å². The topological polar surface area (TPSA) is 95.3 Å². The van der Waals surface area contributed by atoms with E-state index in [0.29, 0.717) is 16.8 Å². The minimum atomic E-state index is -0.851. The van der Waals surface area contributed by atoms with Crippen LogP contribution in [0.2, 0.25) is 0 Å². The van der Waals surface area contributed by atoms with E-state index >= 15 is 0 Å². The maximum atomic E-state index is 13.9. The Hall–Kier alpha value is -3.76. The van der Waals surface area contributed by atoms with Gasteiger partial charge in [0.15, 0.2) is 0 Å². The van der Waals surface area contributed by atoms with Gasteiger partial charge in [0.25, 0.3) is 5.91 Å². The zero-order chi connectivity index (χ0) is 21.7. The van der Waals surface area contributed by atoms with E-state index < -0.39 is 17.8 Å². The number of carbonyl (C=O) groups is 1. The number of hydrogen-bond donors (Lipinski definition) is 3. The van der Waals surface area contributed by atoms with Gasteiger partial charge in [0.1, 0.15) is 23.9 Å². The number of hydrogen-bond acceptors (Lipinski definition) is 5. The molecule has 2 aromatic heterocycles. The first kappa shape index (κ1) is 21.0. The maximum absolute atomic E-state index is 13.9. The predicted octanol–water partition coefficient (Wildman–Crippen LogP) is 2.80. The molecule has 6 nitrogen and oxygen atoms in total. The second-order valence-electron chi connectivity index (χ2n) is 6.68. The van der Waals surface area contributed by atoms with Crippen molar-refractivity contribution in [2.45, 2.75) is 19.9 Å². The number of nitrogens with zero attached hydrogens (tertiary/aromatic N) is 2. The molecule has 2 heterocycles. The smallest absolute Gasteiger partial charge is 0.270 e. The molecule has 0 spiro atoms. The third-order valence-corrected chi connectivity index (χ3v) is 4.34. The quantitative estimate of drug-likeness (QED) is 0.580. The Morgan fingerprint density at radius 3 is 2.67 bits per heavy atom. The fourth-order valence-electron chi connectivity index (χ4n) is 2.95. The third-order valence-electron chi connectivity index (χ3n) is 4.34. The Bertz CT molecular complexity index is 1130. The van der Waals surface area contributed by atoms with Crippen LogP contribution in [0.4, 0.5) is 4.39 Å².